The minimum atomic E-state index is -1.51. The summed E-state index contributed by atoms with van der Waals surface area (Å²) < 4.78 is 0. The van der Waals surface area contributed by atoms with E-state index in [1.165, 1.54) is 0 Å². The Kier molecular flexibility index (Phi) is 4.28. The molecular weight excluding hydrogens is 186 g/mol. The van der Waals surface area contributed by atoms with Gasteiger partial charge in [-0.2, -0.15) is 0 Å². The van der Waals surface area contributed by atoms with Gasteiger partial charge in [0.05, 0.1) is 0 Å². The van der Waals surface area contributed by atoms with Gasteiger partial charge in [-0.25, -0.2) is 0 Å². The SMILES string of the molecule is CCN[Si](C)(C(C)Cl)C(C)(C)C. The van der Waals surface area contributed by atoms with Crippen LogP contribution in [-0.2, 0) is 0 Å². The maximum absolute atomic E-state index is 6.25. The van der Waals surface area contributed by atoms with Crippen molar-refractivity contribution in [1.82, 2.24) is 4.98 Å². The van der Waals surface area contributed by atoms with Gasteiger partial charge in [-0.15, -0.1) is 11.6 Å². The fourth-order valence-corrected chi connectivity index (χ4v) is 5.32. The van der Waals surface area contributed by atoms with Crippen molar-refractivity contribution in [3.05, 3.63) is 0 Å². The molecule has 3 heteroatoms. The lowest BCUT2D eigenvalue weighted by Gasteiger charge is -2.42. The number of hydrogen-bond acceptors (Lipinski definition) is 1. The standard InChI is InChI=1S/C9H22ClNSi/c1-7-11-12(6,8(2)10)9(3,4)5/h8,11H,7H2,1-6H3. The van der Waals surface area contributed by atoms with Gasteiger partial charge in [0.2, 0.25) is 0 Å². The number of alkyl halides is 1. The second-order valence-electron chi connectivity index (χ2n) is 4.60. The first-order chi connectivity index (χ1) is 5.25. The summed E-state index contributed by atoms with van der Waals surface area (Å²) in [5.74, 6) is 0. The lowest BCUT2D eigenvalue weighted by molar-refractivity contribution is 0.675. The molecule has 0 aliphatic carbocycles. The molecule has 1 N–H and O–H groups in total. The second-order valence-corrected chi connectivity index (χ2v) is 10.7. The van der Waals surface area contributed by atoms with Gasteiger partial charge in [0.1, 0.15) is 8.24 Å². The molecule has 0 saturated carbocycles. The van der Waals surface area contributed by atoms with Gasteiger partial charge >= 0.3 is 0 Å². The van der Waals surface area contributed by atoms with Crippen molar-refractivity contribution >= 4 is 19.8 Å². The fraction of sp³-hybridized carbons (Fsp3) is 1.00. The van der Waals surface area contributed by atoms with Crippen molar-refractivity contribution in [2.24, 2.45) is 0 Å². The van der Waals surface area contributed by atoms with E-state index < -0.39 is 8.24 Å². The third-order valence-electron chi connectivity index (χ3n) is 2.90. The molecule has 0 fully saturated rings. The number of halogens is 1. The Morgan fingerprint density at radius 2 is 1.83 bits per heavy atom. The number of rotatable bonds is 3. The molecule has 0 spiro atoms. The highest BCUT2D eigenvalue weighted by Crippen LogP contribution is 2.37. The molecule has 0 aromatic heterocycles. The van der Waals surface area contributed by atoms with Crippen LogP contribution in [0.1, 0.15) is 34.6 Å². The van der Waals surface area contributed by atoms with E-state index in [2.05, 4.69) is 46.1 Å². The third kappa shape index (κ3) is 2.48. The Morgan fingerprint density at radius 3 is 1.92 bits per heavy atom. The Bertz CT molecular complexity index is 142. The summed E-state index contributed by atoms with van der Waals surface area (Å²) in [7, 11) is -1.51. The molecule has 0 aliphatic heterocycles. The zero-order valence-corrected chi connectivity index (χ0v) is 10.9. The molecule has 0 saturated heterocycles. The van der Waals surface area contributed by atoms with E-state index >= 15 is 0 Å². The van der Waals surface area contributed by atoms with Gasteiger partial charge in [0.25, 0.3) is 0 Å². The monoisotopic (exact) mass is 207 g/mol. The minimum absolute atomic E-state index is 0.275. The molecular formula is C9H22ClNSi. The van der Waals surface area contributed by atoms with Crippen molar-refractivity contribution in [1.29, 1.82) is 0 Å². The molecule has 0 heterocycles. The van der Waals surface area contributed by atoms with Gasteiger partial charge < -0.3 is 4.98 Å². The zero-order valence-electron chi connectivity index (χ0n) is 9.16. The summed E-state index contributed by atoms with van der Waals surface area (Å²) in [6.45, 7) is 14.4. The molecule has 0 rings (SSSR count). The Labute approximate surface area is 83.0 Å². The van der Waals surface area contributed by atoms with Crippen LogP contribution >= 0.6 is 11.6 Å². The average molecular weight is 208 g/mol. The quantitative estimate of drug-likeness (QED) is 0.554. The smallest absolute Gasteiger partial charge is 0.145 e. The van der Waals surface area contributed by atoms with Crippen LogP contribution in [0.15, 0.2) is 0 Å². The first-order valence-electron chi connectivity index (χ1n) is 4.64. The van der Waals surface area contributed by atoms with Crippen LogP contribution in [0.4, 0.5) is 0 Å². The van der Waals surface area contributed by atoms with Crippen LogP contribution in [0, 0.1) is 0 Å². The first-order valence-corrected chi connectivity index (χ1v) is 7.66. The van der Waals surface area contributed by atoms with E-state index in [4.69, 9.17) is 11.6 Å². The molecule has 0 aromatic carbocycles. The van der Waals surface area contributed by atoms with Gasteiger partial charge in [0.15, 0.2) is 0 Å². The highest BCUT2D eigenvalue weighted by atomic mass is 35.5. The summed E-state index contributed by atoms with van der Waals surface area (Å²) in [4.78, 5) is 3.61. The number of hydrogen-bond donors (Lipinski definition) is 1. The summed E-state index contributed by atoms with van der Waals surface area (Å²) in [5.41, 5.74) is 0. The highest BCUT2D eigenvalue weighted by Gasteiger charge is 2.43. The molecule has 74 valence electrons. The van der Waals surface area contributed by atoms with Crippen LogP contribution in [0.2, 0.25) is 11.6 Å². The molecule has 2 unspecified atom stereocenters. The van der Waals surface area contributed by atoms with Gasteiger partial charge in [-0.3, -0.25) is 0 Å². The van der Waals surface area contributed by atoms with Crippen molar-refractivity contribution < 1.29 is 0 Å². The highest BCUT2D eigenvalue weighted by molar-refractivity contribution is 6.86. The topological polar surface area (TPSA) is 12.0 Å². The normalized spacial score (nSPS) is 20.2. The fourth-order valence-electron chi connectivity index (χ4n) is 1.37. The predicted octanol–water partition coefficient (Wildman–Crippen LogP) is 3.14. The van der Waals surface area contributed by atoms with Crippen molar-refractivity contribution in [3.63, 3.8) is 0 Å². The number of nitrogens with one attached hydrogen (secondary N) is 1. The Hall–Kier alpha value is 0.467. The lowest BCUT2D eigenvalue weighted by Crippen LogP contribution is -2.60. The Morgan fingerprint density at radius 1 is 1.42 bits per heavy atom. The third-order valence-corrected chi connectivity index (χ3v) is 10.0. The molecule has 12 heavy (non-hydrogen) atoms. The molecule has 0 amide bonds. The van der Waals surface area contributed by atoms with Crippen molar-refractivity contribution in [2.75, 3.05) is 6.54 Å². The van der Waals surface area contributed by atoms with E-state index in [0.29, 0.717) is 5.04 Å². The summed E-state index contributed by atoms with van der Waals surface area (Å²) in [6, 6.07) is 0. The molecule has 0 aliphatic rings. The molecule has 0 bridgehead atoms. The predicted molar refractivity (Wildman–Crippen MR) is 60.3 cm³/mol. The van der Waals surface area contributed by atoms with Crippen LogP contribution in [0.25, 0.3) is 0 Å². The summed E-state index contributed by atoms with van der Waals surface area (Å²) in [5, 5.41) is 0.599. The van der Waals surface area contributed by atoms with E-state index in [-0.39, 0.29) is 5.00 Å². The van der Waals surface area contributed by atoms with Crippen molar-refractivity contribution in [2.45, 2.75) is 51.2 Å². The zero-order chi connectivity index (χ0) is 9.99. The maximum Gasteiger partial charge on any atom is 0.145 e. The van der Waals surface area contributed by atoms with E-state index in [1.807, 2.05) is 0 Å². The minimum Gasteiger partial charge on any atom is -0.336 e. The second kappa shape index (κ2) is 4.12. The summed E-state index contributed by atoms with van der Waals surface area (Å²) >= 11 is 6.25. The van der Waals surface area contributed by atoms with Crippen LogP contribution < -0.4 is 4.98 Å². The van der Waals surface area contributed by atoms with Gasteiger partial charge in [-0.05, 0) is 18.5 Å². The first kappa shape index (κ1) is 12.5. The summed E-state index contributed by atoms with van der Waals surface area (Å²) in [6.07, 6.45) is 0. The van der Waals surface area contributed by atoms with E-state index in [9.17, 15) is 0 Å². The van der Waals surface area contributed by atoms with Crippen LogP contribution in [0.5, 0.6) is 0 Å². The molecule has 0 aromatic rings. The van der Waals surface area contributed by atoms with Crippen LogP contribution in [-0.4, -0.2) is 19.8 Å². The average Bonchev–Trinajstić information content (AvgIpc) is 1.85. The van der Waals surface area contributed by atoms with E-state index in [0.717, 1.165) is 6.54 Å². The van der Waals surface area contributed by atoms with Gasteiger partial charge in [-0.1, -0.05) is 34.2 Å². The molecule has 2 atom stereocenters. The largest absolute Gasteiger partial charge is 0.336 e. The molecule has 1 nitrogen and oxygen atoms in total. The Balaban J connectivity index is 4.62. The van der Waals surface area contributed by atoms with Crippen LogP contribution in [0.3, 0.4) is 0 Å². The van der Waals surface area contributed by atoms with E-state index in [1.54, 1.807) is 0 Å². The lowest BCUT2D eigenvalue weighted by atomic mass is 10.2. The van der Waals surface area contributed by atoms with Gasteiger partial charge in [0, 0.05) is 5.00 Å². The molecule has 0 radical (unpaired) electrons. The van der Waals surface area contributed by atoms with Crippen molar-refractivity contribution in [3.8, 4) is 0 Å². The maximum atomic E-state index is 6.25.